The van der Waals surface area contributed by atoms with Crippen molar-refractivity contribution in [2.75, 3.05) is 13.1 Å². The topological polar surface area (TPSA) is 46.9 Å². The highest BCUT2D eigenvalue weighted by molar-refractivity contribution is 5.01. The van der Waals surface area contributed by atoms with Gasteiger partial charge in [0.25, 0.3) is 5.56 Å². The first kappa shape index (κ1) is 14.9. The maximum Gasteiger partial charge on any atom is 0.253 e. The van der Waals surface area contributed by atoms with E-state index in [0.29, 0.717) is 12.0 Å². The van der Waals surface area contributed by atoms with Crippen LogP contribution in [0.2, 0.25) is 0 Å². The second-order valence-electron chi connectivity index (χ2n) is 6.00. The van der Waals surface area contributed by atoms with Gasteiger partial charge in [-0.3, -0.25) is 9.36 Å². The lowest BCUT2D eigenvalue weighted by Crippen LogP contribution is -2.30. The van der Waals surface area contributed by atoms with Crippen LogP contribution in [0.25, 0.3) is 0 Å². The number of nitrogens with one attached hydrogen (secondary N) is 1. The Bertz CT molecular complexity index is 443. The first-order chi connectivity index (χ1) is 8.29. The third-order valence-corrected chi connectivity index (χ3v) is 2.89. The van der Waals surface area contributed by atoms with E-state index < -0.39 is 0 Å². The molecule has 0 atom stereocenters. The normalized spacial score (nSPS) is 11.8. The Morgan fingerprint density at radius 1 is 1.28 bits per heavy atom. The summed E-state index contributed by atoms with van der Waals surface area (Å²) in [6.45, 7) is 12.9. The molecule has 0 aliphatic carbocycles. The quantitative estimate of drug-likeness (QED) is 0.813. The highest BCUT2D eigenvalue weighted by atomic mass is 16.1. The molecule has 0 saturated carbocycles. The molecule has 0 aliphatic heterocycles. The summed E-state index contributed by atoms with van der Waals surface area (Å²) in [4.78, 5) is 16.1. The van der Waals surface area contributed by atoms with Crippen LogP contribution in [-0.4, -0.2) is 22.6 Å². The number of hydrogen-bond donors (Lipinski definition) is 1. The number of aryl methyl sites for hydroxylation is 2. The van der Waals surface area contributed by atoms with Crippen molar-refractivity contribution in [1.82, 2.24) is 14.9 Å². The van der Waals surface area contributed by atoms with Gasteiger partial charge in [0.05, 0.1) is 0 Å². The van der Waals surface area contributed by atoms with Crippen LogP contribution in [-0.2, 0) is 6.54 Å². The molecule has 0 amide bonds. The third kappa shape index (κ3) is 5.00. The van der Waals surface area contributed by atoms with Gasteiger partial charge in [-0.05, 0) is 32.2 Å². The molecular formula is C14H25N3O. The zero-order valence-corrected chi connectivity index (χ0v) is 12.2. The Morgan fingerprint density at radius 2 is 1.94 bits per heavy atom. The summed E-state index contributed by atoms with van der Waals surface area (Å²) in [5, 5.41) is 3.37. The van der Waals surface area contributed by atoms with Gasteiger partial charge >= 0.3 is 0 Å². The molecule has 102 valence electrons. The Balaban J connectivity index is 2.43. The molecule has 0 bridgehead atoms. The summed E-state index contributed by atoms with van der Waals surface area (Å²) in [5.41, 5.74) is 1.18. The molecule has 0 unspecified atom stereocenters. The second kappa shape index (κ2) is 6.14. The smallest absolute Gasteiger partial charge is 0.253 e. The molecule has 0 saturated heterocycles. The monoisotopic (exact) mass is 251 g/mol. The van der Waals surface area contributed by atoms with Crippen LogP contribution in [0.15, 0.2) is 10.9 Å². The molecule has 0 aliphatic rings. The first-order valence-corrected chi connectivity index (χ1v) is 6.55. The average Bonchev–Trinajstić information content (AvgIpc) is 2.19. The average molecular weight is 251 g/mol. The van der Waals surface area contributed by atoms with Gasteiger partial charge in [-0.2, -0.15) is 0 Å². The molecule has 1 N–H and O–H groups in total. The molecule has 1 aromatic heterocycles. The minimum atomic E-state index is 0.0395. The number of aromatic nitrogens is 2. The van der Waals surface area contributed by atoms with Crippen molar-refractivity contribution in [3.8, 4) is 0 Å². The van der Waals surface area contributed by atoms with Crippen LogP contribution >= 0.6 is 0 Å². The maximum absolute atomic E-state index is 11.8. The van der Waals surface area contributed by atoms with Crippen molar-refractivity contribution in [3.63, 3.8) is 0 Å². The van der Waals surface area contributed by atoms with E-state index in [-0.39, 0.29) is 5.56 Å². The largest absolute Gasteiger partial charge is 0.315 e. The fourth-order valence-electron chi connectivity index (χ4n) is 1.82. The van der Waals surface area contributed by atoms with Gasteiger partial charge < -0.3 is 5.32 Å². The van der Waals surface area contributed by atoms with E-state index in [2.05, 4.69) is 31.1 Å². The van der Waals surface area contributed by atoms with Gasteiger partial charge in [0.1, 0.15) is 5.82 Å². The van der Waals surface area contributed by atoms with E-state index in [9.17, 15) is 4.79 Å². The molecule has 0 fully saturated rings. The Hall–Kier alpha value is -1.16. The summed E-state index contributed by atoms with van der Waals surface area (Å²) < 4.78 is 1.72. The van der Waals surface area contributed by atoms with Crippen LogP contribution in [0, 0.1) is 19.3 Å². The lowest BCUT2D eigenvalue weighted by molar-refractivity contribution is 0.364. The minimum Gasteiger partial charge on any atom is -0.315 e. The number of nitrogens with zero attached hydrogens (tertiary/aromatic N) is 2. The molecule has 0 spiro atoms. The lowest BCUT2D eigenvalue weighted by Gasteiger charge is -2.18. The van der Waals surface area contributed by atoms with E-state index in [1.54, 1.807) is 10.6 Å². The molecule has 0 radical (unpaired) electrons. The van der Waals surface area contributed by atoms with Crippen molar-refractivity contribution >= 4 is 0 Å². The van der Waals surface area contributed by atoms with E-state index in [0.717, 1.165) is 31.0 Å². The fourth-order valence-corrected chi connectivity index (χ4v) is 1.82. The summed E-state index contributed by atoms with van der Waals surface area (Å²) in [6.07, 6.45) is 1.13. The fraction of sp³-hybridized carbons (Fsp3) is 0.714. The molecule has 1 heterocycles. The summed E-state index contributed by atoms with van der Waals surface area (Å²) in [7, 11) is 0. The van der Waals surface area contributed by atoms with Crippen molar-refractivity contribution in [1.29, 1.82) is 0 Å². The van der Waals surface area contributed by atoms with Gasteiger partial charge in [0.2, 0.25) is 0 Å². The van der Waals surface area contributed by atoms with E-state index >= 15 is 0 Å². The zero-order valence-electron chi connectivity index (χ0n) is 12.2. The number of rotatable bonds is 5. The zero-order chi connectivity index (χ0) is 13.8. The molecular weight excluding hydrogens is 226 g/mol. The highest BCUT2D eigenvalue weighted by Crippen LogP contribution is 2.16. The first-order valence-electron chi connectivity index (χ1n) is 6.55. The SMILES string of the molecule is Cc1cc(=O)n(CCNCCC(C)(C)C)c(C)n1. The van der Waals surface area contributed by atoms with E-state index in [4.69, 9.17) is 0 Å². The van der Waals surface area contributed by atoms with Crippen molar-refractivity contribution in [2.45, 2.75) is 47.6 Å². The van der Waals surface area contributed by atoms with E-state index in [1.807, 2.05) is 13.8 Å². The Morgan fingerprint density at radius 3 is 2.50 bits per heavy atom. The molecule has 0 aromatic carbocycles. The molecule has 1 aromatic rings. The van der Waals surface area contributed by atoms with Crippen molar-refractivity contribution in [2.24, 2.45) is 5.41 Å². The van der Waals surface area contributed by atoms with Crippen LogP contribution in [0.3, 0.4) is 0 Å². The maximum atomic E-state index is 11.8. The second-order valence-corrected chi connectivity index (χ2v) is 6.00. The van der Waals surface area contributed by atoms with Crippen LogP contribution < -0.4 is 10.9 Å². The summed E-state index contributed by atoms with van der Waals surface area (Å²) >= 11 is 0. The van der Waals surface area contributed by atoms with Gasteiger partial charge in [-0.25, -0.2) is 4.98 Å². The summed E-state index contributed by atoms with van der Waals surface area (Å²) in [6, 6.07) is 1.59. The predicted octanol–water partition coefficient (Wildman–Crippen LogP) is 1.89. The van der Waals surface area contributed by atoms with Crippen molar-refractivity contribution < 1.29 is 0 Å². The standard InChI is InChI=1S/C14H25N3O/c1-11-10-13(18)17(12(2)16-11)9-8-15-7-6-14(3,4)5/h10,15H,6-9H2,1-5H3. The van der Waals surface area contributed by atoms with Crippen LogP contribution in [0.4, 0.5) is 0 Å². The number of hydrogen-bond acceptors (Lipinski definition) is 3. The third-order valence-electron chi connectivity index (χ3n) is 2.89. The van der Waals surface area contributed by atoms with Crippen LogP contribution in [0.5, 0.6) is 0 Å². The van der Waals surface area contributed by atoms with Gasteiger partial charge in [-0.1, -0.05) is 20.8 Å². The lowest BCUT2D eigenvalue weighted by atomic mass is 9.92. The highest BCUT2D eigenvalue weighted by Gasteiger charge is 2.08. The minimum absolute atomic E-state index is 0.0395. The predicted molar refractivity (Wildman–Crippen MR) is 74.9 cm³/mol. The van der Waals surface area contributed by atoms with Gasteiger partial charge in [-0.15, -0.1) is 0 Å². The van der Waals surface area contributed by atoms with Gasteiger partial charge in [0.15, 0.2) is 0 Å². The molecule has 4 heteroatoms. The van der Waals surface area contributed by atoms with Crippen LogP contribution in [0.1, 0.15) is 38.7 Å². The van der Waals surface area contributed by atoms with E-state index in [1.165, 1.54) is 0 Å². The van der Waals surface area contributed by atoms with Gasteiger partial charge in [0, 0.05) is 24.8 Å². The molecule has 1 rings (SSSR count). The molecule has 4 nitrogen and oxygen atoms in total. The Labute approximate surface area is 109 Å². The molecule has 18 heavy (non-hydrogen) atoms. The summed E-state index contributed by atoms with van der Waals surface area (Å²) in [5.74, 6) is 0.789. The Kier molecular flexibility index (Phi) is 5.08. The van der Waals surface area contributed by atoms with Crippen molar-refractivity contribution in [3.05, 3.63) is 27.9 Å².